The van der Waals surface area contributed by atoms with E-state index in [1.165, 1.54) is 11.0 Å². The Kier molecular flexibility index (Phi) is 6.16. The molecule has 0 aliphatic heterocycles. The molecule has 0 spiro atoms. The second-order valence-corrected chi connectivity index (χ2v) is 7.46. The molecular formula is C23H21F2N5O3. The van der Waals surface area contributed by atoms with Crippen molar-refractivity contribution in [2.75, 3.05) is 18.5 Å². The lowest BCUT2D eigenvalue weighted by molar-refractivity contribution is -0.135. The molecule has 0 aliphatic rings. The normalized spacial score (nSPS) is 11.2. The number of alkyl halides is 2. The van der Waals surface area contributed by atoms with Crippen molar-refractivity contribution >= 4 is 23.0 Å². The summed E-state index contributed by atoms with van der Waals surface area (Å²) >= 11 is 0. The van der Waals surface area contributed by atoms with E-state index in [1.807, 2.05) is 29.7 Å². The number of fused-ring (bicyclic) bond motifs is 1. The standard InChI is InChI=1S/C23H21F2N5O3/c1-14-28-18-8-7-15(17-10-26-23(27-11-17)29(2)13-21(31)32)9-19(18)30(14)12-16-5-3-4-6-20(16)33-22(24)25/h3-11,22H,12-13H2,1-2H3,(H,31,32). The van der Waals surface area contributed by atoms with Crippen molar-refractivity contribution < 1.29 is 23.4 Å². The smallest absolute Gasteiger partial charge is 0.387 e. The van der Waals surface area contributed by atoms with Crippen LogP contribution in [0.2, 0.25) is 0 Å². The van der Waals surface area contributed by atoms with Crippen LogP contribution < -0.4 is 9.64 Å². The van der Waals surface area contributed by atoms with Crippen molar-refractivity contribution in [2.24, 2.45) is 0 Å². The van der Waals surface area contributed by atoms with Crippen LogP contribution in [0.15, 0.2) is 54.9 Å². The van der Waals surface area contributed by atoms with Gasteiger partial charge in [0.2, 0.25) is 5.95 Å². The number of ether oxygens (including phenoxy) is 1. The zero-order valence-electron chi connectivity index (χ0n) is 17.9. The van der Waals surface area contributed by atoms with E-state index >= 15 is 0 Å². The van der Waals surface area contributed by atoms with Crippen molar-refractivity contribution in [1.82, 2.24) is 19.5 Å². The second-order valence-electron chi connectivity index (χ2n) is 7.46. The zero-order chi connectivity index (χ0) is 23.5. The van der Waals surface area contributed by atoms with E-state index in [2.05, 4.69) is 19.7 Å². The molecule has 0 saturated heterocycles. The van der Waals surface area contributed by atoms with Crippen molar-refractivity contribution in [3.05, 3.63) is 66.2 Å². The molecule has 8 nitrogen and oxygen atoms in total. The lowest BCUT2D eigenvalue weighted by Crippen LogP contribution is -2.26. The highest BCUT2D eigenvalue weighted by Crippen LogP contribution is 2.28. The van der Waals surface area contributed by atoms with E-state index in [9.17, 15) is 13.6 Å². The van der Waals surface area contributed by atoms with E-state index < -0.39 is 12.6 Å². The Morgan fingerprint density at radius 2 is 1.88 bits per heavy atom. The molecule has 2 aromatic carbocycles. The lowest BCUT2D eigenvalue weighted by Gasteiger charge is -2.14. The summed E-state index contributed by atoms with van der Waals surface area (Å²) in [6, 6.07) is 12.4. The van der Waals surface area contributed by atoms with Crippen molar-refractivity contribution in [3.63, 3.8) is 0 Å². The molecule has 4 rings (SSSR count). The predicted molar refractivity (Wildman–Crippen MR) is 119 cm³/mol. The number of carbonyl (C=O) groups is 1. The van der Waals surface area contributed by atoms with Crippen molar-refractivity contribution in [3.8, 4) is 16.9 Å². The van der Waals surface area contributed by atoms with Gasteiger partial charge in [0.1, 0.15) is 18.1 Å². The summed E-state index contributed by atoms with van der Waals surface area (Å²) in [4.78, 5) is 25.4. The molecule has 1 N–H and O–H groups in total. The maximum absolute atomic E-state index is 12.8. The Morgan fingerprint density at radius 3 is 2.58 bits per heavy atom. The minimum Gasteiger partial charge on any atom is -0.480 e. The van der Waals surface area contributed by atoms with E-state index in [-0.39, 0.29) is 12.3 Å². The summed E-state index contributed by atoms with van der Waals surface area (Å²) < 4.78 is 32.2. The number of halogens is 2. The first-order valence-electron chi connectivity index (χ1n) is 10.1. The summed E-state index contributed by atoms with van der Waals surface area (Å²) in [6.45, 7) is -0.951. The first kappa shape index (κ1) is 22.1. The number of aromatic nitrogens is 4. The van der Waals surface area contributed by atoms with E-state index in [4.69, 9.17) is 5.11 Å². The molecule has 0 amide bonds. The number of para-hydroxylation sites is 1. The minimum absolute atomic E-state index is 0.124. The van der Waals surface area contributed by atoms with Crippen LogP contribution in [0.25, 0.3) is 22.2 Å². The fraction of sp³-hybridized carbons (Fsp3) is 0.217. The molecule has 0 fully saturated rings. The highest BCUT2D eigenvalue weighted by atomic mass is 19.3. The highest BCUT2D eigenvalue weighted by molar-refractivity contribution is 5.82. The van der Waals surface area contributed by atoms with Gasteiger partial charge in [-0.15, -0.1) is 0 Å². The molecule has 0 saturated carbocycles. The van der Waals surface area contributed by atoms with Crippen LogP contribution in [0, 0.1) is 6.92 Å². The van der Waals surface area contributed by atoms with Crippen LogP contribution in [0.5, 0.6) is 5.75 Å². The number of carboxylic acid groups (broad SMARTS) is 1. The Bertz CT molecular complexity index is 1290. The summed E-state index contributed by atoms with van der Waals surface area (Å²) in [5.41, 5.74) is 3.79. The van der Waals surface area contributed by atoms with Crippen LogP contribution in [0.1, 0.15) is 11.4 Å². The third-order valence-corrected chi connectivity index (χ3v) is 5.14. The van der Waals surface area contributed by atoms with Crippen LogP contribution in [-0.2, 0) is 11.3 Å². The Hall–Kier alpha value is -4.08. The largest absolute Gasteiger partial charge is 0.480 e. The van der Waals surface area contributed by atoms with Gasteiger partial charge in [-0.1, -0.05) is 24.3 Å². The molecule has 10 heteroatoms. The quantitative estimate of drug-likeness (QED) is 0.431. The number of nitrogens with zero attached hydrogens (tertiary/aromatic N) is 5. The molecule has 2 heterocycles. The van der Waals surface area contributed by atoms with E-state index in [1.54, 1.807) is 37.6 Å². The van der Waals surface area contributed by atoms with Crippen LogP contribution in [0.3, 0.4) is 0 Å². The number of aryl methyl sites for hydroxylation is 1. The number of benzene rings is 2. The van der Waals surface area contributed by atoms with Gasteiger partial charge in [0.25, 0.3) is 0 Å². The molecule has 0 radical (unpaired) electrons. The number of hydrogen-bond donors (Lipinski definition) is 1. The number of anilines is 1. The van der Waals surface area contributed by atoms with Crippen molar-refractivity contribution in [2.45, 2.75) is 20.1 Å². The van der Waals surface area contributed by atoms with E-state index in [0.717, 1.165) is 28.0 Å². The predicted octanol–water partition coefficient (Wildman–Crippen LogP) is 3.97. The molecular weight excluding hydrogens is 432 g/mol. The first-order chi connectivity index (χ1) is 15.8. The van der Waals surface area contributed by atoms with Gasteiger partial charge in [-0.3, -0.25) is 4.79 Å². The topological polar surface area (TPSA) is 93.4 Å². The van der Waals surface area contributed by atoms with Crippen LogP contribution in [-0.4, -0.2) is 50.8 Å². The molecule has 0 unspecified atom stereocenters. The number of hydrogen-bond acceptors (Lipinski definition) is 6. The lowest BCUT2D eigenvalue weighted by atomic mass is 10.1. The van der Waals surface area contributed by atoms with Gasteiger partial charge in [0.15, 0.2) is 0 Å². The van der Waals surface area contributed by atoms with Crippen molar-refractivity contribution in [1.29, 1.82) is 0 Å². The van der Waals surface area contributed by atoms with Gasteiger partial charge < -0.3 is 19.3 Å². The average molecular weight is 453 g/mol. The first-order valence-corrected chi connectivity index (χ1v) is 10.1. The summed E-state index contributed by atoms with van der Waals surface area (Å²) in [5, 5.41) is 8.92. The highest BCUT2D eigenvalue weighted by Gasteiger charge is 2.15. The van der Waals surface area contributed by atoms with Crippen LogP contribution in [0.4, 0.5) is 14.7 Å². The summed E-state index contributed by atoms with van der Waals surface area (Å²) in [6.07, 6.45) is 3.25. The third kappa shape index (κ3) is 4.89. The molecule has 0 atom stereocenters. The summed E-state index contributed by atoms with van der Waals surface area (Å²) in [5.74, 6) is 0.189. The fourth-order valence-corrected chi connectivity index (χ4v) is 3.58. The molecule has 0 bridgehead atoms. The van der Waals surface area contributed by atoms with Gasteiger partial charge in [0.05, 0.1) is 17.6 Å². The Labute approximate surface area is 188 Å². The minimum atomic E-state index is -2.91. The number of carboxylic acids is 1. The zero-order valence-corrected chi connectivity index (χ0v) is 17.9. The molecule has 170 valence electrons. The monoisotopic (exact) mass is 453 g/mol. The second kappa shape index (κ2) is 9.19. The van der Waals surface area contributed by atoms with Gasteiger partial charge in [-0.05, 0) is 30.7 Å². The average Bonchev–Trinajstić information content (AvgIpc) is 3.08. The maximum atomic E-state index is 12.8. The van der Waals surface area contributed by atoms with Crippen LogP contribution >= 0.6 is 0 Å². The molecule has 33 heavy (non-hydrogen) atoms. The number of likely N-dealkylation sites (N-methyl/N-ethyl adjacent to an activating group) is 1. The SMILES string of the molecule is Cc1nc2ccc(-c3cnc(N(C)CC(=O)O)nc3)cc2n1Cc1ccccc1OC(F)F. The summed E-state index contributed by atoms with van der Waals surface area (Å²) in [7, 11) is 1.60. The van der Waals surface area contributed by atoms with Gasteiger partial charge in [-0.2, -0.15) is 8.78 Å². The van der Waals surface area contributed by atoms with Gasteiger partial charge >= 0.3 is 12.6 Å². The van der Waals surface area contributed by atoms with Gasteiger partial charge in [-0.25, -0.2) is 15.0 Å². The van der Waals surface area contributed by atoms with Gasteiger partial charge in [0, 0.05) is 30.6 Å². The maximum Gasteiger partial charge on any atom is 0.387 e. The molecule has 0 aliphatic carbocycles. The number of rotatable bonds is 8. The Morgan fingerprint density at radius 1 is 1.15 bits per heavy atom. The fourth-order valence-electron chi connectivity index (χ4n) is 3.58. The van der Waals surface area contributed by atoms with E-state index in [0.29, 0.717) is 18.1 Å². The molecule has 2 aromatic heterocycles. The Balaban J connectivity index is 1.67. The molecule has 4 aromatic rings. The third-order valence-electron chi connectivity index (χ3n) is 5.14. The number of imidazole rings is 1. The number of aliphatic carboxylic acids is 1.